The van der Waals surface area contributed by atoms with Crippen LogP contribution in [0.1, 0.15) is 27.7 Å². The summed E-state index contributed by atoms with van der Waals surface area (Å²) >= 11 is 5.56. The van der Waals surface area contributed by atoms with Gasteiger partial charge in [0.2, 0.25) is 10.0 Å². The summed E-state index contributed by atoms with van der Waals surface area (Å²) in [6.07, 6.45) is 0. The molecule has 0 saturated carbocycles. The van der Waals surface area contributed by atoms with Crippen molar-refractivity contribution in [3.63, 3.8) is 0 Å². The minimum absolute atomic E-state index is 0.111. The van der Waals surface area contributed by atoms with Crippen molar-refractivity contribution in [2.45, 2.75) is 44.7 Å². The van der Waals surface area contributed by atoms with Gasteiger partial charge >= 0.3 is 0 Å². The molecule has 1 rings (SSSR count). The highest BCUT2D eigenvalue weighted by Crippen LogP contribution is 2.23. The predicted molar refractivity (Wildman–Crippen MR) is 87.7 cm³/mol. The lowest BCUT2D eigenvalue weighted by atomic mass is 10.3. The topological polar surface area (TPSA) is 75.8 Å². The lowest BCUT2D eigenvalue weighted by molar-refractivity contribution is 0.302. The Morgan fingerprint density at radius 3 is 2.05 bits per heavy atom. The number of rotatable bonds is 6. The van der Waals surface area contributed by atoms with E-state index in [1.165, 1.54) is 16.4 Å². The molecule has 2 N–H and O–H groups in total. The predicted octanol–water partition coefficient (Wildman–Crippen LogP) is 2.72. The van der Waals surface area contributed by atoms with Crippen molar-refractivity contribution in [1.29, 1.82) is 0 Å². The molecule has 0 aliphatic rings. The average molecular weight is 332 g/mol. The molecular weight excluding hydrogens is 310 g/mol. The van der Waals surface area contributed by atoms with Crippen LogP contribution in [-0.2, 0) is 10.0 Å². The maximum Gasteiger partial charge on any atom is 0.243 e. The number of hydrogen-bond donors (Lipinski definition) is 1. The van der Waals surface area contributed by atoms with Gasteiger partial charge in [-0.25, -0.2) is 13.4 Å². The van der Waals surface area contributed by atoms with Crippen molar-refractivity contribution in [3.8, 4) is 0 Å². The van der Waals surface area contributed by atoms with Crippen molar-refractivity contribution in [1.82, 2.24) is 4.31 Å². The van der Waals surface area contributed by atoms with Gasteiger partial charge in [0.25, 0.3) is 0 Å². The van der Waals surface area contributed by atoms with Gasteiger partial charge in [-0.15, -0.1) is 11.6 Å². The molecule has 1 aromatic rings. The summed E-state index contributed by atoms with van der Waals surface area (Å²) in [6, 6.07) is 6.08. The van der Waals surface area contributed by atoms with Crippen LogP contribution >= 0.6 is 11.6 Å². The molecule has 0 unspecified atom stereocenters. The fourth-order valence-corrected chi connectivity index (χ4v) is 4.05. The van der Waals surface area contributed by atoms with Gasteiger partial charge in [-0.2, -0.15) is 4.31 Å². The maximum absolute atomic E-state index is 12.6. The molecule has 1 aromatic carbocycles. The molecule has 0 bridgehead atoms. The van der Waals surface area contributed by atoms with E-state index in [0.717, 1.165) is 0 Å². The zero-order chi connectivity index (χ0) is 16.2. The lowest BCUT2D eigenvalue weighted by Crippen LogP contribution is -2.41. The third kappa shape index (κ3) is 4.43. The van der Waals surface area contributed by atoms with E-state index in [1.807, 2.05) is 27.7 Å². The summed E-state index contributed by atoms with van der Waals surface area (Å²) in [5.41, 5.74) is 6.12. The van der Waals surface area contributed by atoms with E-state index in [1.54, 1.807) is 12.1 Å². The summed E-state index contributed by atoms with van der Waals surface area (Å²) in [5, 5.41) is 0. The van der Waals surface area contributed by atoms with E-state index < -0.39 is 10.0 Å². The van der Waals surface area contributed by atoms with Crippen molar-refractivity contribution in [2.24, 2.45) is 10.7 Å². The molecular formula is C14H22ClN3O2S. The number of sulfonamides is 1. The van der Waals surface area contributed by atoms with E-state index >= 15 is 0 Å². The van der Waals surface area contributed by atoms with Crippen LogP contribution in [0.5, 0.6) is 0 Å². The SMILES string of the molecule is CC(C)N(C(C)C)S(=O)(=O)c1ccc(N=C(N)CCl)cc1. The molecule has 7 heteroatoms. The van der Waals surface area contributed by atoms with Gasteiger partial charge in [0.15, 0.2) is 0 Å². The third-order valence-electron chi connectivity index (χ3n) is 2.84. The van der Waals surface area contributed by atoms with E-state index in [0.29, 0.717) is 11.5 Å². The fraction of sp³-hybridized carbons (Fsp3) is 0.500. The Bertz CT molecular complexity index is 587. The van der Waals surface area contributed by atoms with Crippen LogP contribution in [0.2, 0.25) is 0 Å². The Hall–Kier alpha value is -1.11. The molecule has 0 aliphatic heterocycles. The van der Waals surface area contributed by atoms with Gasteiger partial charge in [-0.3, -0.25) is 0 Å². The van der Waals surface area contributed by atoms with Crippen LogP contribution in [-0.4, -0.2) is 36.5 Å². The first kappa shape index (κ1) is 17.9. The maximum atomic E-state index is 12.6. The molecule has 0 aromatic heterocycles. The second kappa shape index (κ2) is 7.24. The number of nitrogens with two attached hydrogens (primary N) is 1. The summed E-state index contributed by atoms with van der Waals surface area (Å²) in [5.74, 6) is 0.424. The monoisotopic (exact) mass is 331 g/mol. The van der Waals surface area contributed by atoms with Gasteiger partial charge in [0.1, 0.15) is 5.84 Å². The molecule has 0 spiro atoms. The number of halogens is 1. The molecule has 0 amide bonds. The van der Waals surface area contributed by atoms with Crippen molar-refractivity contribution < 1.29 is 8.42 Å². The lowest BCUT2D eigenvalue weighted by Gasteiger charge is -2.29. The van der Waals surface area contributed by atoms with Crippen molar-refractivity contribution in [3.05, 3.63) is 24.3 Å². The molecule has 5 nitrogen and oxygen atoms in total. The normalized spacial score (nSPS) is 13.4. The van der Waals surface area contributed by atoms with Gasteiger partial charge in [-0.05, 0) is 52.0 Å². The van der Waals surface area contributed by atoms with E-state index in [2.05, 4.69) is 4.99 Å². The largest absolute Gasteiger partial charge is 0.386 e. The molecule has 0 radical (unpaired) electrons. The Balaban J connectivity index is 3.16. The first-order chi connectivity index (χ1) is 9.70. The van der Waals surface area contributed by atoms with E-state index in [9.17, 15) is 8.42 Å². The first-order valence-electron chi connectivity index (χ1n) is 6.72. The summed E-state index contributed by atoms with van der Waals surface area (Å²) in [7, 11) is -3.52. The van der Waals surface area contributed by atoms with Gasteiger partial charge in [0, 0.05) is 12.1 Å². The molecule has 0 heterocycles. The molecule has 0 saturated heterocycles. The number of alkyl halides is 1. The number of hydrogen-bond acceptors (Lipinski definition) is 3. The van der Waals surface area contributed by atoms with Gasteiger partial charge in [-0.1, -0.05) is 0 Å². The third-order valence-corrected chi connectivity index (χ3v) is 5.38. The molecule has 0 fully saturated rings. The number of amidine groups is 1. The Morgan fingerprint density at radius 2 is 1.67 bits per heavy atom. The van der Waals surface area contributed by atoms with E-state index in [4.69, 9.17) is 17.3 Å². The Kier molecular flexibility index (Phi) is 6.19. The summed E-state index contributed by atoms with van der Waals surface area (Å²) in [4.78, 5) is 4.31. The zero-order valence-corrected chi connectivity index (χ0v) is 14.3. The number of benzene rings is 1. The Labute approximate surface area is 131 Å². The van der Waals surface area contributed by atoms with Crippen LogP contribution in [0.15, 0.2) is 34.2 Å². The molecule has 0 atom stereocenters. The van der Waals surface area contributed by atoms with Gasteiger partial charge < -0.3 is 5.73 Å². The molecule has 118 valence electrons. The number of aliphatic imine (C=N–C) groups is 1. The number of nitrogens with zero attached hydrogens (tertiary/aromatic N) is 2. The van der Waals surface area contributed by atoms with Crippen LogP contribution in [0, 0.1) is 0 Å². The van der Waals surface area contributed by atoms with E-state index in [-0.39, 0.29) is 22.9 Å². The smallest absolute Gasteiger partial charge is 0.243 e. The van der Waals surface area contributed by atoms with Crippen LogP contribution in [0.25, 0.3) is 0 Å². The second-order valence-corrected chi connectivity index (χ2v) is 7.36. The molecule has 0 aliphatic carbocycles. The highest BCUT2D eigenvalue weighted by atomic mass is 35.5. The summed E-state index contributed by atoms with van der Waals surface area (Å²) in [6.45, 7) is 7.43. The van der Waals surface area contributed by atoms with Crippen molar-refractivity contribution in [2.75, 3.05) is 5.88 Å². The minimum atomic E-state index is -3.52. The second-order valence-electron chi connectivity index (χ2n) is 5.25. The van der Waals surface area contributed by atoms with Crippen LogP contribution < -0.4 is 5.73 Å². The highest BCUT2D eigenvalue weighted by Gasteiger charge is 2.29. The standard InChI is InChI=1S/C14H22ClN3O2S/c1-10(2)18(11(3)4)21(19,20)13-7-5-12(6-8-13)17-14(16)9-15/h5-8,10-11H,9H2,1-4H3,(H2,16,17). The Morgan fingerprint density at radius 1 is 1.19 bits per heavy atom. The van der Waals surface area contributed by atoms with Crippen LogP contribution in [0.3, 0.4) is 0 Å². The summed E-state index contributed by atoms with van der Waals surface area (Å²) < 4.78 is 26.8. The van der Waals surface area contributed by atoms with Gasteiger partial charge in [0.05, 0.1) is 16.5 Å². The van der Waals surface area contributed by atoms with Crippen molar-refractivity contribution >= 4 is 33.1 Å². The highest BCUT2D eigenvalue weighted by molar-refractivity contribution is 7.89. The minimum Gasteiger partial charge on any atom is -0.386 e. The zero-order valence-electron chi connectivity index (χ0n) is 12.7. The quantitative estimate of drug-likeness (QED) is 0.494. The van der Waals surface area contributed by atoms with Crippen LogP contribution in [0.4, 0.5) is 5.69 Å². The molecule has 21 heavy (non-hydrogen) atoms. The fourth-order valence-electron chi connectivity index (χ4n) is 2.16. The average Bonchev–Trinajstić information content (AvgIpc) is 2.37. The first-order valence-corrected chi connectivity index (χ1v) is 8.70.